The molecule has 0 aromatic heterocycles. The van der Waals surface area contributed by atoms with Gasteiger partial charge in [-0.2, -0.15) is 10.5 Å². The number of esters is 1. The van der Waals surface area contributed by atoms with Crippen LogP contribution in [0.4, 0.5) is 0 Å². The molecule has 6 heteroatoms. The molecule has 0 aliphatic carbocycles. The first-order valence-electron chi connectivity index (χ1n) is 5.41. The van der Waals surface area contributed by atoms with E-state index < -0.39 is 0 Å². The van der Waals surface area contributed by atoms with Crippen molar-refractivity contribution in [3.8, 4) is 12.1 Å². The third kappa shape index (κ3) is 3.39. The van der Waals surface area contributed by atoms with Crippen molar-refractivity contribution in [3.05, 3.63) is 11.4 Å². The van der Waals surface area contributed by atoms with Gasteiger partial charge < -0.3 is 15.0 Å². The van der Waals surface area contributed by atoms with Gasteiger partial charge in [0.05, 0.1) is 13.0 Å². The maximum atomic E-state index is 11.2. The molecule has 0 spiro atoms. The Hall–Kier alpha value is -2.21. The normalized spacial score (nSPS) is 13.6. The van der Waals surface area contributed by atoms with E-state index in [1.54, 1.807) is 6.92 Å². The summed E-state index contributed by atoms with van der Waals surface area (Å²) in [6, 6.07) is 3.67. The Kier molecular flexibility index (Phi) is 4.83. The minimum absolute atomic E-state index is 0.0476. The second kappa shape index (κ2) is 6.39. The molecule has 90 valence electrons. The van der Waals surface area contributed by atoms with Crippen molar-refractivity contribution in [1.29, 1.82) is 10.5 Å². The molecule has 0 bridgehead atoms. The van der Waals surface area contributed by atoms with Crippen LogP contribution in [0.25, 0.3) is 0 Å². The number of nitrogens with one attached hydrogen (secondary N) is 1. The van der Waals surface area contributed by atoms with Crippen LogP contribution in [0.2, 0.25) is 0 Å². The highest BCUT2D eigenvalue weighted by Crippen LogP contribution is 2.12. The zero-order chi connectivity index (χ0) is 12.7. The number of ether oxygens (including phenoxy) is 1. The van der Waals surface area contributed by atoms with E-state index in [0.29, 0.717) is 32.1 Å². The third-order valence-electron chi connectivity index (χ3n) is 2.34. The SMILES string of the molecule is CCOC(=O)CCN1CCNC1=C(C#N)C#N. The minimum Gasteiger partial charge on any atom is -0.466 e. The fourth-order valence-electron chi connectivity index (χ4n) is 1.59. The van der Waals surface area contributed by atoms with E-state index in [9.17, 15) is 4.79 Å². The molecular weight excluding hydrogens is 220 g/mol. The molecule has 1 saturated heterocycles. The number of allylic oxidation sites excluding steroid dienone is 1. The number of hydrogen-bond donors (Lipinski definition) is 1. The van der Waals surface area contributed by atoms with Gasteiger partial charge in [0.2, 0.25) is 0 Å². The molecule has 1 fully saturated rings. The average Bonchev–Trinajstić information content (AvgIpc) is 2.77. The smallest absolute Gasteiger partial charge is 0.307 e. The summed E-state index contributed by atoms with van der Waals surface area (Å²) >= 11 is 0. The lowest BCUT2D eigenvalue weighted by atomic mass is 10.3. The summed E-state index contributed by atoms with van der Waals surface area (Å²) in [5, 5.41) is 20.5. The third-order valence-corrected chi connectivity index (χ3v) is 2.34. The monoisotopic (exact) mass is 234 g/mol. The number of nitrogens with zero attached hydrogens (tertiary/aromatic N) is 3. The van der Waals surface area contributed by atoms with Gasteiger partial charge in [0, 0.05) is 19.6 Å². The summed E-state index contributed by atoms with van der Waals surface area (Å²) < 4.78 is 4.82. The highest BCUT2D eigenvalue weighted by molar-refractivity contribution is 5.69. The summed E-state index contributed by atoms with van der Waals surface area (Å²) in [5.74, 6) is 0.244. The molecule has 1 heterocycles. The van der Waals surface area contributed by atoms with Crippen molar-refractivity contribution in [3.63, 3.8) is 0 Å². The predicted molar refractivity (Wildman–Crippen MR) is 59.1 cm³/mol. The second-order valence-electron chi connectivity index (χ2n) is 3.42. The molecule has 1 N–H and O–H groups in total. The molecule has 1 aliphatic heterocycles. The molecular formula is C11H14N4O2. The van der Waals surface area contributed by atoms with Gasteiger partial charge in [0.15, 0.2) is 5.57 Å². The van der Waals surface area contributed by atoms with Gasteiger partial charge in [0.1, 0.15) is 18.0 Å². The Morgan fingerprint density at radius 2 is 2.24 bits per heavy atom. The first-order chi connectivity index (χ1) is 8.22. The maximum absolute atomic E-state index is 11.2. The Bertz CT molecular complexity index is 387. The van der Waals surface area contributed by atoms with Gasteiger partial charge in [-0.3, -0.25) is 4.79 Å². The summed E-state index contributed by atoms with van der Waals surface area (Å²) in [7, 11) is 0. The van der Waals surface area contributed by atoms with E-state index in [-0.39, 0.29) is 18.0 Å². The van der Waals surface area contributed by atoms with Gasteiger partial charge in [-0.15, -0.1) is 0 Å². The second-order valence-corrected chi connectivity index (χ2v) is 3.42. The highest BCUT2D eigenvalue weighted by atomic mass is 16.5. The summed E-state index contributed by atoms with van der Waals surface area (Å²) in [6.45, 7) is 3.92. The van der Waals surface area contributed by atoms with Crippen molar-refractivity contribution in [1.82, 2.24) is 10.2 Å². The van der Waals surface area contributed by atoms with Crippen molar-refractivity contribution in [2.24, 2.45) is 0 Å². The largest absolute Gasteiger partial charge is 0.466 e. The molecule has 1 aliphatic rings. The summed E-state index contributed by atoms with van der Waals surface area (Å²) in [4.78, 5) is 13.0. The van der Waals surface area contributed by atoms with Crippen LogP contribution in [-0.2, 0) is 9.53 Å². The van der Waals surface area contributed by atoms with E-state index in [0.717, 1.165) is 0 Å². The van der Waals surface area contributed by atoms with Gasteiger partial charge in [-0.05, 0) is 6.92 Å². The Labute approximate surface area is 100 Å². The van der Waals surface area contributed by atoms with Crippen LogP contribution in [0.5, 0.6) is 0 Å². The van der Waals surface area contributed by atoms with E-state index in [1.165, 1.54) is 0 Å². The van der Waals surface area contributed by atoms with E-state index >= 15 is 0 Å². The van der Waals surface area contributed by atoms with E-state index in [4.69, 9.17) is 15.3 Å². The zero-order valence-corrected chi connectivity index (χ0v) is 9.69. The van der Waals surface area contributed by atoms with Crippen LogP contribution in [0.15, 0.2) is 11.4 Å². The topological polar surface area (TPSA) is 89.2 Å². The van der Waals surface area contributed by atoms with Crippen molar-refractivity contribution in [2.45, 2.75) is 13.3 Å². The van der Waals surface area contributed by atoms with Gasteiger partial charge in [0.25, 0.3) is 0 Å². The average molecular weight is 234 g/mol. The molecule has 0 atom stereocenters. The fraction of sp³-hybridized carbons (Fsp3) is 0.545. The van der Waals surface area contributed by atoms with Gasteiger partial charge >= 0.3 is 5.97 Å². The molecule has 17 heavy (non-hydrogen) atoms. The van der Waals surface area contributed by atoms with Gasteiger partial charge in [-0.1, -0.05) is 0 Å². The predicted octanol–water partition coefficient (Wildman–Crippen LogP) is 0.104. The highest BCUT2D eigenvalue weighted by Gasteiger charge is 2.21. The maximum Gasteiger partial charge on any atom is 0.307 e. The van der Waals surface area contributed by atoms with Crippen LogP contribution in [0.1, 0.15) is 13.3 Å². The first kappa shape index (κ1) is 12.9. The lowest BCUT2D eigenvalue weighted by molar-refractivity contribution is -0.143. The Morgan fingerprint density at radius 3 is 2.82 bits per heavy atom. The number of rotatable bonds is 4. The molecule has 0 unspecified atom stereocenters. The molecule has 0 radical (unpaired) electrons. The van der Waals surface area contributed by atoms with Crippen molar-refractivity contribution >= 4 is 5.97 Å². The molecule has 0 amide bonds. The van der Waals surface area contributed by atoms with E-state index in [1.807, 2.05) is 17.0 Å². The first-order valence-corrected chi connectivity index (χ1v) is 5.41. The standard InChI is InChI=1S/C11H14N4O2/c1-2-17-10(16)3-5-15-6-4-14-11(15)9(7-12)8-13/h14H,2-6H2,1H3. The lowest BCUT2D eigenvalue weighted by Crippen LogP contribution is -2.25. The van der Waals surface area contributed by atoms with Gasteiger partial charge in [-0.25, -0.2) is 0 Å². The van der Waals surface area contributed by atoms with Crippen molar-refractivity contribution in [2.75, 3.05) is 26.2 Å². The number of carbonyl (C=O) groups is 1. The lowest BCUT2D eigenvalue weighted by Gasteiger charge is -2.17. The van der Waals surface area contributed by atoms with Crippen LogP contribution in [-0.4, -0.2) is 37.1 Å². The van der Waals surface area contributed by atoms with Crippen LogP contribution in [0.3, 0.4) is 0 Å². The zero-order valence-electron chi connectivity index (χ0n) is 9.69. The molecule has 0 aromatic rings. The van der Waals surface area contributed by atoms with Crippen LogP contribution in [0, 0.1) is 22.7 Å². The van der Waals surface area contributed by atoms with E-state index in [2.05, 4.69) is 5.32 Å². The minimum atomic E-state index is -0.269. The summed E-state index contributed by atoms with van der Waals surface area (Å²) in [5.41, 5.74) is 0.0476. The number of nitriles is 2. The summed E-state index contributed by atoms with van der Waals surface area (Å²) in [6.07, 6.45) is 0.253. The molecule has 1 rings (SSSR count). The quantitative estimate of drug-likeness (QED) is 0.548. The Morgan fingerprint density at radius 1 is 1.53 bits per heavy atom. The molecule has 6 nitrogen and oxygen atoms in total. The van der Waals surface area contributed by atoms with Crippen molar-refractivity contribution < 1.29 is 9.53 Å². The number of carbonyl (C=O) groups excluding carboxylic acids is 1. The van der Waals surface area contributed by atoms with Crippen LogP contribution >= 0.6 is 0 Å². The fourth-order valence-corrected chi connectivity index (χ4v) is 1.59. The number of hydrogen-bond acceptors (Lipinski definition) is 6. The van der Waals surface area contributed by atoms with Crippen LogP contribution < -0.4 is 5.32 Å². The Balaban J connectivity index is 2.60. The molecule has 0 saturated carbocycles. The molecule has 0 aromatic carbocycles.